The van der Waals surface area contributed by atoms with Gasteiger partial charge in [0.15, 0.2) is 0 Å². The van der Waals surface area contributed by atoms with Gasteiger partial charge in [-0.25, -0.2) is 0 Å². The number of nitrogens with zero attached hydrogens (tertiary/aromatic N) is 1. The SMILES string of the molecule is CN(O)CC1CCC1. The van der Waals surface area contributed by atoms with E-state index in [9.17, 15) is 0 Å². The van der Waals surface area contributed by atoms with Gasteiger partial charge in [-0.05, 0) is 18.8 Å². The lowest BCUT2D eigenvalue weighted by atomic mass is 9.85. The van der Waals surface area contributed by atoms with Crippen LogP contribution in [0.25, 0.3) is 0 Å². The molecule has 0 aromatic carbocycles. The van der Waals surface area contributed by atoms with Crippen LogP contribution in [-0.4, -0.2) is 23.9 Å². The Morgan fingerprint density at radius 2 is 2.25 bits per heavy atom. The van der Waals surface area contributed by atoms with Gasteiger partial charge >= 0.3 is 0 Å². The highest BCUT2D eigenvalue weighted by atomic mass is 16.5. The molecule has 1 fully saturated rings. The van der Waals surface area contributed by atoms with E-state index in [1.54, 1.807) is 7.05 Å². The molecular weight excluding hydrogens is 102 g/mol. The first-order valence-corrected chi connectivity index (χ1v) is 3.19. The van der Waals surface area contributed by atoms with E-state index in [1.165, 1.54) is 24.3 Å². The van der Waals surface area contributed by atoms with Crippen molar-refractivity contribution >= 4 is 0 Å². The molecule has 0 saturated heterocycles. The lowest BCUT2D eigenvalue weighted by molar-refractivity contribution is -0.0833. The molecule has 0 radical (unpaired) electrons. The molecule has 0 aromatic heterocycles. The van der Waals surface area contributed by atoms with Gasteiger partial charge in [-0.2, -0.15) is 5.06 Å². The molecule has 1 aliphatic rings. The quantitative estimate of drug-likeness (QED) is 0.545. The first-order chi connectivity index (χ1) is 3.79. The maximum Gasteiger partial charge on any atom is 0.0263 e. The number of rotatable bonds is 2. The van der Waals surface area contributed by atoms with Crippen molar-refractivity contribution in [3.8, 4) is 0 Å². The fourth-order valence-electron chi connectivity index (χ4n) is 1.05. The molecule has 0 bridgehead atoms. The predicted octanol–water partition coefficient (Wildman–Crippen LogP) is 1.11. The third-order valence-electron chi connectivity index (χ3n) is 1.75. The summed E-state index contributed by atoms with van der Waals surface area (Å²) in [5.74, 6) is 0.782. The number of hydrogen-bond donors (Lipinski definition) is 1. The summed E-state index contributed by atoms with van der Waals surface area (Å²) in [6, 6.07) is 0. The van der Waals surface area contributed by atoms with Gasteiger partial charge in [0.05, 0.1) is 0 Å². The zero-order chi connectivity index (χ0) is 5.98. The Bertz CT molecular complexity index is 68.9. The van der Waals surface area contributed by atoms with Gasteiger partial charge in [0.2, 0.25) is 0 Å². The Hall–Kier alpha value is -0.0800. The zero-order valence-corrected chi connectivity index (χ0v) is 5.30. The Kier molecular flexibility index (Phi) is 1.86. The van der Waals surface area contributed by atoms with Gasteiger partial charge < -0.3 is 5.21 Å². The van der Waals surface area contributed by atoms with Crippen LogP contribution in [0.5, 0.6) is 0 Å². The van der Waals surface area contributed by atoms with E-state index in [4.69, 9.17) is 5.21 Å². The molecule has 1 saturated carbocycles. The topological polar surface area (TPSA) is 23.5 Å². The summed E-state index contributed by atoms with van der Waals surface area (Å²) in [6.45, 7) is 0.861. The predicted molar refractivity (Wildman–Crippen MR) is 31.8 cm³/mol. The molecule has 1 N–H and O–H groups in total. The van der Waals surface area contributed by atoms with E-state index in [0.717, 1.165) is 12.5 Å². The van der Waals surface area contributed by atoms with Gasteiger partial charge in [0, 0.05) is 13.6 Å². The van der Waals surface area contributed by atoms with Crippen LogP contribution < -0.4 is 0 Å². The van der Waals surface area contributed by atoms with Crippen LogP contribution in [0.2, 0.25) is 0 Å². The molecule has 2 heteroatoms. The Labute approximate surface area is 50.1 Å². The summed E-state index contributed by atoms with van der Waals surface area (Å²) in [4.78, 5) is 0. The van der Waals surface area contributed by atoms with E-state index in [1.807, 2.05) is 0 Å². The molecule has 0 amide bonds. The van der Waals surface area contributed by atoms with Crippen LogP contribution in [-0.2, 0) is 0 Å². The molecule has 0 unspecified atom stereocenters. The molecule has 0 aliphatic heterocycles. The fourth-order valence-corrected chi connectivity index (χ4v) is 1.05. The summed E-state index contributed by atoms with van der Waals surface area (Å²) in [5, 5.41) is 10.0. The second kappa shape index (κ2) is 2.46. The molecule has 0 spiro atoms. The van der Waals surface area contributed by atoms with Crippen LogP contribution in [0.4, 0.5) is 0 Å². The molecule has 48 valence electrons. The highest BCUT2D eigenvalue weighted by molar-refractivity contribution is 4.69. The third-order valence-corrected chi connectivity index (χ3v) is 1.75. The van der Waals surface area contributed by atoms with Gasteiger partial charge in [0.1, 0.15) is 0 Å². The van der Waals surface area contributed by atoms with Crippen molar-refractivity contribution < 1.29 is 5.21 Å². The van der Waals surface area contributed by atoms with Crippen LogP contribution >= 0.6 is 0 Å². The average Bonchev–Trinajstić information content (AvgIpc) is 1.55. The molecule has 1 aliphatic carbocycles. The van der Waals surface area contributed by atoms with Crippen molar-refractivity contribution in [2.45, 2.75) is 19.3 Å². The van der Waals surface area contributed by atoms with Gasteiger partial charge in [-0.15, -0.1) is 0 Å². The van der Waals surface area contributed by atoms with E-state index in [-0.39, 0.29) is 0 Å². The van der Waals surface area contributed by atoms with Crippen molar-refractivity contribution in [3.05, 3.63) is 0 Å². The molecule has 8 heavy (non-hydrogen) atoms. The van der Waals surface area contributed by atoms with E-state index >= 15 is 0 Å². The van der Waals surface area contributed by atoms with Crippen molar-refractivity contribution in [1.29, 1.82) is 0 Å². The first kappa shape index (κ1) is 6.05. The minimum absolute atomic E-state index is 0.782. The number of hydroxylamine groups is 2. The minimum Gasteiger partial charge on any atom is -0.314 e. The largest absolute Gasteiger partial charge is 0.314 e. The van der Waals surface area contributed by atoms with E-state index in [2.05, 4.69) is 0 Å². The average molecular weight is 115 g/mol. The van der Waals surface area contributed by atoms with Crippen molar-refractivity contribution in [2.24, 2.45) is 5.92 Å². The van der Waals surface area contributed by atoms with Crippen LogP contribution in [0, 0.1) is 5.92 Å². The normalized spacial score (nSPS) is 21.4. The van der Waals surface area contributed by atoms with Gasteiger partial charge in [-0.1, -0.05) is 6.42 Å². The standard InChI is InChI=1S/C6H13NO/c1-7(8)5-6-3-2-4-6/h6,8H,2-5H2,1H3. The summed E-state index contributed by atoms with van der Waals surface area (Å²) < 4.78 is 0. The second-order valence-corrected chi connectivity index (χ2v) is 2.64. The third kappa shape index (κ3) is 1.46. The molecule has 0 heterocycles. The molecule has 0 atom stereocenters. The highest BCUT2D eigenvalue weighted by Gasteiger charge is 2.17. The maximum atomic E-state index is 8.72. The Balaban J connectivity index is 2.01. The maximum absolute atomic E-state index is 8.72. The summed E-state index contributed by atoms with van der Waals surface area (Å²) in [6.07, 6.45) is 3.98. The Morgan fingerprint density at radius 1 is 1.62 bits per heavy atom. The minimum atomic E-state index is 0.782. The molecule has 1 rings (SSSR count). The van der Waals surface area contributed by atoms with Gasteiger partial charge in [-0.3, -0.25) is 0 Å². The first-order valence-electron chi connectivity index (χ1n) is 3.19. The molecular formula is C6H13NO. The lowest BCUT2D eigenvalue weighted by Gasteiger charge is -2.26. The van der Waals surface area contributed by atoms with Crippen molar-refractivity contribution in [3.63, 3.8) is 0 Å². The second-order valence-electron chi connectivity index (χ2n) is 2.64. The van der Waals surface area contributed by atoms with Crippen LogP contribution in [0.3, 0.4) is 0 Å². The number of hydrogen-bond acceptors (Lipinski definition) is 2. The van der Waals surface area contributed by atoms with Crippen molar-refractivity contribution in [1.82, 2.24) is 5.06 Å². The summed E-state index contributed by atoms with van der Waals surface area (Å²) in [5.41, 5.74) is 0. The van der Waals surface area contributed by atoms with Gasteiger partial charge in [0.25, 0.3) is 0 Å². The highest BCUT2D eigenvalue weighted by Crippen LogP contribution is 2.26. The van der Waals surface area contributed by atoms with Crippen LogP contribution in [0.15, 0.2) is 0 Å². The van der Waals surface area contributed by atoms with Crippen molar-refractivity contribution in [2.75, 3.05) is 13.6 Å². The summed E-state index contributed by atoms with van der Waals surface area (Å²) >= 11 is 0. The smallest absolute Gasteiger partial charge is 0.0263 e. The molecule has 0 aromatic rings. The zero-order valence-electron chi connectivity index (χ0n) is 5.30. The lowest BCUT2D eigenvalue weighted by Crippen LogP contribution is -2.26. The fraction of sp³-hybridized carbons (Fsp3) is 1.00. The van der Waals surface area contributed by atoms with E-state index < -0.39 is 0 Å². The summed E-state index contributed by atoms with van der Waals surface area (Å²) in [7, 11) is 1.71. The molecule has 2 nitrogen and oxygen atoms in total. The Morgan fingerprint density at radius 3 is 2.38 bits per heavy atom. The van der Waals surface area contributed by atoms with E-state index in [0.29, 0.717) is 0 Å². The van der Waals surface area contributed by atoms with Crippen LogP contribution in [0.1, 0.15) is 19.3 Å². The monoisotopic (exact) mass is 115 g/mol.